The molecule has 2 aromatic carbocycles. The molecular formula is C18H16N2O4. The number of ether oxygens (including phenoxy) is 1. The van der Waals surface area contributed by atoms with Crippen molar-refractivity contribution in [3.05, 3.63) is 65.2 Å². The number of nitrogens with two attached hydrogens (primary N) is 1. The first-order valence-electron chi connectivity index (χ1n) is 7.42. The summed E-state index contributed by atoms with van der Waals surface area (Å²) < 4.78 is 4.81. The van der Waals surface area contributed by atoms with Gasteiger partial charge < -0.3 is 10.5 Å². The number of esters is 1. The fraction of sp³-hybridized carbons (Fsp3) is 0.167. The summed E-state index contributed by atoms with van der Waals surface area (Å²) >= 11 is 0. The first-order chi connectivity index (χ1) is 11.5. The molecule has 0 saturated heterocycles. The number of benzene rings is 2. The van der Waals surface area contributed by atoms with Crippen LogP contribution >= 0.6 is 0 Å². The van der Waals surface area contributed by atoms with Crippen LogP contribution in [0.5, 0.6) is 0 Å². The second-order valence-corrected chi connectivity index (χ2v) is 5.51. The van der Waals surface area contributed by atoms with Crippen molar-refractivity contribution < 1.29 is 19.1 Å². The van der Waals surface area contributed by atoms with Gasteiger partial charge in [-0.25, -0.2) is 4.79 Å². The predicted molar refractivity (Wildman–Crippen MR) is 87.3 cm³/mol. The monoisotopic (exact) mass is 324 g/mol. The zero-order valence-corrected chi connectivity index (χ0v) is 13.1. The number of fused-ring (bicyclic) bond motifs is 1. The van der Waals surface area contributed by atoms with Crippen molar-refractivity contribution >= 4 is 23.5 Å². The highest BCUT2D eigenvalue weighted by Crippen LogP contribution is 2.26. The van der Waals surface area contributed by atoms with Gasteiger partial charge in [0.1, 0.15) is 6.04 Å². The Morgan fingerprint density at radius 3 is 2.08 bits per heavy atom. The van der Waals surface area contributed by atoms with E-state index in [1.165, 1.54) is 7.11 Å². The Bertz CT molecular complexity index is 779. The Balaban J connectivity index is 1.95. The second-order valence-electron chi connectivity index (χ2n) is 5.51. The fourth-order valence-corrected chi connectivity index (χ4v) is 2.78. The van der Waals surface area contributed by atoms with E-state index in [9.17, 15) is 14.4 Å². The van der Waals surface area contributed by atoms with Gasteiger partial charge in [0.2, 0.25) is 0 Å². The van der Waals surface area contributed by atoms with Crippen LogP contribution < -0.4 is 5.73 Å². The number of anilines is 1. The van der Waals surface area contributed by atoms with Gasteiger partial charge in [0.05, 0.1) is 18.2 Å². The summed E-state index contributed by atoms with van der Waals surface area (Å²) in [5, 5.41) is 0. The highest BCUT2D eigenvalue weighted by atomic mass is 16.5. The quantitative estimate of drug-likeness (QED) is 0.525. The minimum absolute atomic E-state index is 0.165. The smallest absolute Gasteiger partial charge is 0.329 e. The lowest BCUT2D eigenvalue weighted by molar-refractivity contribution is -0.145. The molecule has 3 rings (SSSR count). The summed E-state index contributed by atoms with van der Waals surface area (Å²) in [5.41, 5.74) is 7.62. The van der Waals surface area contributed by atoms with E-state index < -0.39 is 23.8 Å². The molecule has 1 aliphatic rings. The molecule has 6 heteroatoms. The number of nitrogens with zero attached hydrogens (tertiary/aromatic N) is 1. The lowest BCUT2D eigenvalue weighted by Gasteiger charge is -2.24. The van der Waals surface area contributed by atoms with E-state index >= 15 is 0 Å². The highest BCUT2D eigenvalue weighted by Gasteiger charge is 2.43. The number of methoxy groups -OCH3 is 1. The number of nitrogen functional groups attached to an aromatic ring is 1. The van der Waals surface area contributed by atoms with Crippen LogP contribution in [0.4, 0.5) is 5.69 Å². The van der Waals surface area contributed by atoms with Crippen LogP contribution in [-0.4, -0.2) is 35.8 Å². The Hall–Kier alpha value is -3.15. The summed E-state index contributed by atoms with van der Waals surface area (Å²) in [6.45, 7) is 0. The van der Waals surface area contributed by atoms with Gasteiger partial charge in [0, 0.05) is 12.1 Å². The molecule has 1 heterocycles. The molecule has 0 bridgehead atoms. The topological polar surface area (TPSA) is 89.7 Å². The number of hydrogen-bond acceptors (Lipinski definition) is 5. The molecule has 2 aromatic rings. The van der Waals surface area contributed by atoms with Crippen LogP contribution in [0.2, 0.25) is 0 Å². The summed E-state index contributed by atoms with van der Waals surface area (Å²) in [7, 11) is 1.23. The predicted octanol–water partition coefficient (Wildman–Crippen LogP) is 1.65. The molecule has 0 spiro atoms. The van der Waals surface area contributed by atoms with E-state index in [4.69, 9.17) is 10.5 Å². The molecule has 0 saturated carbocycles. The van der Waals surface area contributed by atoms with Gasteiger partial charge in [0.25, 0.3) is 11.8 Å². The molecular weight excluding hydrogens is 308 g/mol. The number of amides is 2. The van der Waals surface area contributed by atoms with Crippen LogP contribution in [0.3, 0.4) is 0 Å². The molecule has 1 aliphatic heterocycles. The van der Waals surface area contributed by atoms with Crippen LogP contribution in [0.15, 0.2) is 48.5 Å². The molecule has 0 radical (unpaired) electrons. The Morgan fingerprint density at radius 1 is 1.04 bits per heavy atom. The third-order valence-electron chi connectivity index (χ3n) is 4.02. The van der Waals surface area contributed by atoms with Crippen molar-refractivity contribution in [1.82, 2.24) is 4.90 Å². The van der Waals surface area contributed by atoms with Gasteiger partial charge in [0.15, 0.2) is 0 Å². The van der Waals surface area contributed by atoms with Crippen molar-refractivity contribution in [2.45, 2.75) is 12.5 Å². The average Bonchev–Trinajstić information content (AvgIpc) is 2.85. The third kappa shape index (κ3) is 2.62. The standard InChI is InChI=1S/C18H16N2O4/c1-24-18(23)15(10-11-6-8-12(19)9-7-11)20-16(21)13-4-2-3-5-14(13)17(20)22/h2-9,15H,10,19H2,1H3. The number of imide groups is 1. The van der Waals surface area contributed by atoms with Gasteiger partial charge in [-0.05, 0) is 29.8 Å². The Labute approximate surface area is 138 Å². The lowest BCUT2D eigenvalue weighted by Crippen LogP contribution is -2.46. The number of hydrogen-bond donors (Lipinski definition) is 1. The Morgan fingerprint density at radius 2 is 1.58 bits per heavy atom. The van der Waals surface area contributed by atoms with Gasteiger partial charge in [-0.1, -0.05) is 24.3 Å². The molecule has 2 N–H and O–H groups in total. The van der Waals surface area contributed by atoms with E-state index in [1.807, 2.05) is 0 Å². The van der Waals surface area contributed by atoms with Crippen LogP contribution in [-0.2, 0) is 16.0 Å². The molecule has 1 unspecified atom stereocenters. The van der Waals surface area contributed by atoms with E-state index in [0.29, 0.717) is 16.8 Å². The highest BCUT2D eigenvalue weighted by molar-refractivity contribution is 6.22. The summed E-state index contributed by atoms with van der Waals surface area (Å²) in [4.78, 5) is 38.4. The minimum Gasteiger partial charge on any atom is -0.467 e. The maximum Gasteiger partial charge on any atom is 0.329 e. The molecule has 24 heavy (non-hydrogen) atoms. The van der Waals surface area contributed by atoms with Gasteiger partial charge in [-0.2, -0.15) is 0 Å². The second kappa shape index (κ2) is 6.16. The molecule has 1 atom stereocenters. The molecule has 2 amide bonds. The normalized spacial score (nSPS) is 14.5. The van der Waals surface area contributed by atoms with E-state index in [1.54, 1.807) is 48.5 Å². The van der Waals surface area contributed by atoms with Crippen molar-refractivity contribution in [1.29, 1.82) is 0 Å². The molecule has 122 valence electrons. The maximum absolute atomic E-state index is 12.6. The van der Waals surface area contributed by atoms with E-state index in [2.05, 4.69) is 0 Å². The summed E-state index contributed by atoms with van der Waals surface area (Å²) in [6, 6.07) is 12.4. The molecule has 6 nitrogen and oxygen atoms in total. The zero-order chi connectivity index (χ0) is 17.3. The van der Waals surface area contributed by atoms with Gasteiger partial charge in [-0.3, -0.25) is 14.5 Å². The van der Waals surface area contributed by atoms with E-state index in [-0.39, 0.29) is 6.42 Å². The molecule has 0 aliphatic carbocycles. The molecule has 0 fully saturated rings. The SMILES string of the molecule is COC(=O)C(Cc1ccc(N)cc1)N1C(=O)c2ccccc2C1=O. The zero-order valence-electron chi connectivity index (χ0n) is 13.1. The first kappa shape index (κ1) is 15.7. The van der Waals surface area contributed by atoms with Crippen LogP contribution in [0.1, 0.15) is 26.3 Å². The van der Waals surface area contributed by atoms with Crippen molar-refractivity contribution in [3.8, 4) is 0 Å². The van der Waals surface area contributed by atoms with Gasteiger partial charge in [-0.15, -0.1) is 0 Å². The molecule has 0 aromatic heterocycles. The Kier molecular flexibility index (Phi) is 4.04. The van der Waals surface area contributed by atoms with Crippen LogP contribution in [0.25, 0.3) is 0 Å². The van der Waals surface area contributed by atoms with Crippen molar-refractivity contribution in [2.75, 3.05) is 12.8 Å². The van der Waals surface area contributed by atoms with Crippen molar-refractivity contribution in [3.63, 3.8) is 0 Å². The number of carbonyl (C=O) groups is 3. The largest absolute Gasteiger partial charge is 0.467 e. The minimum atomic E-state index is -1.02. The van der Waals surface area contributed by atoms with E-state index in [0.717, 1.165) is 10.5 Å². The number of carbonyl (C=O) groups excluding carboxylic acids is 3. The summed E-state index contributed by atoms with van der Waals surface area (Å²) in [6.07, 6.45) is 0.165. The number of rotatable bonds is 4. The lowest BCUT2D eigenvalue weighted by atomic mass is 10.0. The fourth-order valence-electron chi connectivity index (χ4n) is 2.78. The summed E-state index contributed by atoms with van der Waals surface area (Å²) in [5.74, 6) is -1.61. The third-order valence-corrected chi connectivity index (χ3v) is 4.02. The van der Waals surface area contributed by atoms with Crippen LogP contribution in [0, 0.1) is 0 Å². The average molecular weight is 324 g/mol. The first-order valence-corrected chi connectivity index (χ1v) is 7.42. The maximum atomic E-state index is 12.6. The van der Waals surface area contributed by atoms with Gasteiger partial charge >= 0.3 is 5.97 Å². The van der Waals surface area contributed by atoms with Crippen molar-refractivity contribution in [2.24, 2.45) is 0 Å².